The molecule has 1 aliphatic carbocycles. The Morgan fingerprint density at radius 3 is 2.30 bits per heavy atom. The molecule has 120 valence electrons. The van der Waals surface area contributed by atoms with Gasteiger partial charge in [-0.05, 0) is 19.3 Å². The smallest absolute Gasteiger partial charge is 0.0614 e. The number of ether oxygens (including phenoxy) is 2. The van der Waals surface area contributed by atoms with Crippen LogP contribution in [0.25, 0.3) is 0 Å². The predicted molar refractivity (Wildman–Crippen MR) is 81.1 cm³/mol. The lowest BCUT2D eigenvalue weighted by atomic mass is 9.97. The average molecular weight is 288 g/mol. The number of methoxy groups -OCH3 is 2. The van der Waals surface area contributed by atoms with E-state index in [4.69, 9.17) is 9.47 Å². The summed E-state index contributed by atoms with van der Waals surface area (Å²) in [5, 5.41) is 13.3. The van der Waals surface area contributed by atoms with Crippen LogP contribution >= 0.6 is 0 Å². The van der Waals surface area contributed by atoms with Gasteiger partial charge in [0.15, 0.2) is 0 Å². The van der Waals surface area contributed by atoms with Crippen molar-refractivity contribution in [1.82, 2.24) is 10.2 Å². The third kappa shape index (κ3) is 5.30. The van der Waals surface area contributed by atoms with Gasteiger partial charge >= 0.3 is 0 Å². The molecule has 20 heavy (non-hydrogen) atoms. The van der Waals surface area contributed by atoms with Gasteiger partial charge in [-0.1, -0.05) is 13.8 Å². The molecule has 1 saturated carbocycles. The Morgan fingerprint density at radius 1 is 1.25 bits per heavy atom. The second-order valence-corrected chi connectivity index (χ2v) is 6.16. The molecule has 0 saturated heterocycles. The van der Waals surface area contributed by atoms with Crippen molar-refractivity contribution in [3.05, 3.63) is 0 Å². The molecule has 2 N–H and O–H groups in total. The first-order valence-corrected chi connectivity index (χ1v) is 7.67. The summed E-state index contributed by atoms with van der Waals surface area (Å²) in [6, 6.07) is 0.894. The molecule has 1 fully saturated rings. The Balaban J connectivity index is 2.59. The molecule has 0 aromatic rings. The Kier molecular flexibility index (Phi) is 7.99. The lowest BCUT2D eigenvalue weighted by molar-refractivity contribution is 0.0808. The van der Waals surface area contributed by atoms with Crippen LogP contribution in [0.2, 0.25) is 0 Å². The van der Waals surface area contributed by atoms with E-state index in [1.807, 2.05) is 0 Å². The largest absolute Gasteiger partial charge is 0.394 e. The van der Waals surface area contributed by atoms with Gasteiger partial charge in [0.1, 0.15) is 0 Å². The Morgan fingerprint density at radius 2 is 1.85 bits per heavy atom. The van der Waals surface area contributed by atoms with E-state index in [-0.39, 0.29) is 12.1 Å². The van der Waals surface area contributed by atoms with E-state index in [0.717, 1.165) is 45.6 Å². The number of hydrogen-bond donors (Lipinski definition) is 2. The topological polar surface area (TPSA) is 54.0 Å². The lowest BCUT2D eigenvalue weighted by Crippen LogP contribution is -2.51. The number of nitrogens with zero attached hydrogens (tertiary/aromatic N) is 1. The molecule has 0 aromatic heterocycles. The summed E-state index contributed by atoms with van der Waals surface area (Å²) in [6.07, 6.45) is 3.14. The van der Waals surface area contributed by atoms with Crippen molar-refractivity contribution < 1.29 is 14.6 Å². The van der Waals surface area contributed by atoms with E-state index < -0.39 is 0 Å². The minimum Gasteiger partial charge on any atom is -0.394 e. The van der Waals surface area contributed by atoms with Crippen molar-refractivity contribution in [2.45, 2.75) is 50.7 Å². The van der Waals surface area contributed by atoms with Crippen LogP contribution in [-0.2, 0) is 9.47 Å². The van der Waals surface area contributed by atoms with Gasteiger partial charge in [0.05, 0.1) is 19.8 Å². The number of hydrogen-bond acceptors (Lipinski definition) is 5. The van der Waals surface area contributed by atoms with E-state index in [1.165, 1.54) is 0 Å². The molecule has 2 atom stereocenters. The van der Waals surface area contributed by atoms with Crippen LogP contribution < -0.4 is 5.32 Å². The van der Waals surface area contributed by atoms with E-state index >= 15 is 0 Å². The third-order valence-corrected chi connectivity index (χ3v) is 4.16. The zero-order chi connectivity index (χ0) is 15.0. The van der Waals surface area contributed by atoms with Crippen molar-refractivity contribution in [2.24, 2.45) is 0 Å². The molecule has 0 radical (unpaired) electrons. The SMILES string of the molecule is COCCN(CCOC)C1CCC(CO)(NC(C)C)C1. The second-order valence-electron chi connectivity index (χ2n) is 6.16. The fourth-order valence-corrected chi connectivity index (χ4v) is 3.24. The van der Waals surface area contributed by atoms with Crippen molar-refractivity contribution in [2.75, 3.05) is 47.1 Å². The molecule has 0 heterocycles. The summed E-state index contributed by atoms with van der Waals surface area (Å²) < 4.78 is 10.4. The van der Waals surface area contributed by atoms with E-state index in [0.29, 0.717) is 12.1 Å². The van der Waals surface area contributed by atoms with Gasteiger partial charge in [-0.25, -0.2) is 0 Å². The first-order chi connectivity index (χ1) is 9.56. The highest BCUT2D eigenvalue weighted by molar-refractivity contribution is 5.00. The highest BCUT2D eigenvalue weighted by atomic mass is 16.5. The molecule has 0 spiro atoms. The first-order valence-electron chi connectivity index (χ1n) is 7.67. The van der Waals surface area contributed by atoms with Crippen molar-refractivity contribution in [1.29, 1.82) is 0 Å². The summed E-state index contributed by atoms with van der Waals surface area (Å²) >= 11 is 0. The van der Waals surface area contributed by atoms with Crippen molar-refractivity contribution >= 4 is 0 Å². The number of aliphatic hydroxyl groups is 1. The monoisotopic (exact) mass is 288 g/mol. The molecule has 0 aliphatic heterocycles. The van der Waals surface area contributed by atoms with Crippen LogP contribution in [0.1, 0.15) is 33.1 Å². The molecule has 5 nitrogen and oxygen atoms in total. The molecule has 1 aliphatic rings. The van der Waals surface area contributed by atoms with Crippen LogP contribution in [0, 0.1) is 0 Å². The quantitative estimate of drug-likeness (QED) is 0.624. The zero-order valence-corrected chi connectivity index (χ0v) is 13.5. The summed E-state index contributed by atoms with van der Waals surface area (Å²) in [4.78, 5) is 2.44. The van der Waals surface area contributed by atoms with E-state index in [1.54, 1.807) is 14.2 Å². The van der Waals surface area contributed by atoms with Gasteiger partial charge in [-0.15, -0.1) is 0 Å². The van der Waals surface area contributed by atoms with Crippen LogP contribution in [0.15, 0.2) is 0 Å². The molecule has 0 bridgehead atoms. The van der Waals surface area contributed by atoms with Gasteiger partial charge in [-0.3, -0.25) is 4.90 Å². The van der Waals surface area contributed by atoms with Gasteiger partial charge in [0.25, 0.3) is 0 Å². The molecule has 5 heteroatoms. The average Bonchev–Trinajstić information content (AvgIpc) is 2.83. The van der Waals surface area contributed by atoms with E-state index in [9.17, 15) is 5.11 Å². The maximum atomic E-state index is 9.79. The Labute approximate surface area is 123 Å². The standard InChI is InChI=1S/C15H32N2O3/c1-13(2)16-15(12-18)6-5-14(11-15)17(7-9-19-3)8-10-20-4/h13-14,16,18H,5-12H2,1-4H3. The van der Waals surface area contributed by atoms with Crippen LogP contribution in [0.4, 0.5) is 0 Å². The Bertz CT molecular complexity index is 256. The molecular formula is C15H32N2O3. The Hall–Kier alpha value is -0.200. The van der Waals surface area contributed by atoms with Gasteiger partial charge in [0.2, 0.25) is 0 Å². The fraction of sp³-hybridized carbons (Fsp3) is 1.00. The summed E-state index contributed by atoms with van der Waals surface area (Å²) in [7, 11) is 3.48. The van der Waals surface area contributed by atoms with Crippen LogP contribution in [0.3, 0.4) is 0 Å². The van der Waals surface area contributed by atoms with Crippen LogP contribution in [0.5, 0.6) is 0 Å². The normalized spacial score (nSPS) is 26.9. The molecule has 1 rings (SSSR count). The fourth-order valence-electron chi connectivity index (χ4n) is 3.24. The number of nitrogens with one attached hydrogen (secondary N) is 1. The maximum Gasteiger partial charge on any atom is 0.0614 e. The maximum absolute atomic E-state index is 9.79. The van der Waals surface area contributed by atoms with Gasteiger partial charge < -0.3 is 19.9 Å². The summed E-state index contributed by atoms with van der Waals surface area (Å²) in [5.41, 5.74) is -0.114. The number of aliphatic hydroxyl groups excluding tert-OH is 1. The zero-order valence-electron chi connectivity index (χ0n) is 13.5. The lowest BCUT2D eigenvalue weighted by Gasteiger charge is -2.33. The summed E-state index contributed by atoms with van der Waals surface area (Å²) in [6.45, 7) is 7.82. The third-order valence-electron chi connectivity index (χ3n) is 4.16. The minimum atomic E-state index is -0.114. The van der Waals surface area contributed by atoms with Crippen LogP contribution in [-0.4, -0.2) is 74.8 Å². The second kappa shape index (κ2) is 8.95. The van der Waals surface area contributed by atoms with Crippen molar-refractivity contribution in [3.63, 3.8) is 0 Å². The van der Waals surface area contributed by atoms with Gasteiger partial charge in [0, 0.05) is 44.9 Å². The molecule has 2 unspecified atom stereocenters. The predicted octanol–water partition coefficient (Wildman–Crippen LogP) is 0.863. The summed E-state index contributed by atoms with van der Waals surface area (Å²) in [5.74, 6) is 0. The molecule has 0 amide bonds. The number of rotatable bonds is 10. The first kappa shape index (κ1) is 17.9. The molecule has 0 aromatic carbocycles. The minimum absolute atomic E-state index is 0.114. The van der Waals surface area contributed by atoms with E-state index in [2.05, 4.69) is 24.1 Å². The van der Waals surface area contributed by atoms with Crippen molar-refractivity contribution in [3.8, 4) is 0 Å². The molecular weight excluding hydrogens is 256 g/mol. The van der Waals surface area contributed by atoms with Gasteiger partial charge in [-0.2, -0.15) is 0 Å². The highest BCUT2D eigenvalue weighted by Crippen LogP contribution is 2.33. The highest BCUT2D eigenvalue weighted by Gasteiger charge is 2.40.